The van der Waals surface area contributed by atoms with Crippen LogP contribution in [-0.2, 0) is 0 Å². The van der Waals surface area contributed by atoms with Crippen LogP contribution in [0.2, 0.25) is 0 Å². The van der Waals surface area contributed by atoms with Gasteiger partial charge in [-0.1, -0.05) is 32.9 Å². The van der Waals surface area contributed by atoms with E-state index in [1.165, 1.54) is 0 Å². The van der Waals surface area contributed by atoms with Gasteiger partial charge >= 0.3 is 0 Å². The summed E-state index contributed by atoms with van der Waals surface area (Å²) in [4.78, 5) is 0. The van der Waals surface area contributed by atoms with Crippen LogP contribution >= 0.6 is 0 Å². The van der Waals surface area contributed by atoms with Crippen LogP contribution < -0.4 is 11.1 Å². The van der Waals surface area contributed by atoms with Crippen LogP contribution in [0.1, 0.15) is 27.7 Å². The van der Waals surface area contributed by atoms with E-state index in [-0.39, 0.29) is 11.3 Å². The standard InChI is InChI=1S/C9H21N3O/c1-7(2)9(3,4)6-11-5-8(10)12-13/h7,11,13H,5-6H2,1-4H3,(H2,10,12). The van der Waals surface area contributed by atoms with Gasteiger partial charge in [-0.05, 0) is 11.3 Å². The molecule has 0 bridgehead atoms. The minimum atomic E-state index is 0.222. The molecule has 0 aromatic heterocycles. The first kappa shape index (κ1) is 12.2. The molecule has 0 spiro atoms. The first-order valence-electron chi connectivity index (χ1n) is 4.57. The van der Waals surface area contributed by atoms with Gasteiger partial charge in [0.25, 0.3) is 0 Å². The maximum Gasteiger partial charge on any atom is 0.153 e. The second-order valence-corrected chi connectivity index (χ2v) is 4.34. The molecule has 0 amide bonds. The maximum atomic E-state index is 8.30. The fourth-order valence-electron chi connectivity index (χ4n) is 0.752. The van der Waals surface area contributed by atoms with Gasteiger partial charge in [-0.25, -0.2) is 0 Å². The molecule has 0 saturated carbocycles. The van der Waals surface area contributed by atoms with Crippen LogP contribution in [0, 0.1) is 11.3 Å². The van der Waals surface area contributed by atoms with Crippen LogP contribution in [0.25, 0.3) is 0 Å². The maximum absolute atomic E-state index is 8.30. The molecule has 0 aliphatic heterocycles. The van der Waals surface area contributed by atoms with Crippen molar-refractivity contribution in [3.63, 3.8) is 0 Å². The van der Waals surface area contributed by atoms with Gasteiger partial charge in [0.05, 0.1) is 6.54 Å². The fraction of sp³-hybridized carbons (Fsp3) is 0.889. The van der Waals surface area contributed by atoms with Crippen molar-refractivity contribution < 1.29 is 5.21 Å². The first-order chi connectivity index (χ1) is 5.90. The molecule has 78 valence electrons. The third kappa shape index (κ3) is 4.72. The Morgan fingerprint density at radius 2 is 2.08 bits per heavy atom. The number of nitrogens with one attached hydrogen (secondary N) is 1. The second-order valence-electron chi connectivity index (χ2n) is 4.34. The SMILES string of the molecule is CC(C)C(C)(C)CNCC(N)=NO. The van der Waals surface area contributed by atoms with Crippen LogP contribution in [0.15, 0.2) is 5.16 Å². The Balaban J connectivity index is 3.76. The van der Waals surface area contributed by atoms with E-state index in [1.54, 1.807) is 0 Å². The van der Waals surface area contributed by atoms with Crippen molar-refractivity contribution in [2.45, 2.75) is 27.7 Å². The number of nitrogens with two attached hydrogens (primary N) is 1. The van der Waals surface area contributed by atoms with Gasteiger partial charge in [0, 0.05) is 6.54 Å². The van der Waals surface area contributed by atoms with Gasteiger partial charge in [-0.3, -0.25) is 0 Å². The monoisotopic (exact) mass is 187 g/mol. The van der Waals surface area contributed by atoms with E-state index in [1.807, 2.05) is 0 Å². The van der Waals surface area contributed by atoms with Crippen LogP contribution in [0.3, 0.4) is 0 Å². The summed E-state index contributed by atoms with van der Waals surface area (Å²) in [7, 11) is 0. The Hall–Kier alpha value is -0.770. The van der Waals surface area contributed by atoms with Crippen LogP contribution in [0.5, 0.6) is 0 Å². The summed E-state index contributed by atoms with van der Waals surface area (Å²) >= 11 is 0. The summed E-state index contributed by atoms with van der Waals surface area (Å²) in [6, 6.07) is 0. The highest BCUT2D eigenvalue weighted by Gasteiger charge is 2.21. The molecule has 0 heterocycles. The van der Waals surface area contributed by atoms with E-state index >= 15 is 0 Å². The van der Waals surface area contributed by atoms with Crippen molar-refractivity contribution >= 4 is 5.84 Å². The predicted octanol–water partition coefficient (Wildman–Crippen LogP) is 1.00. The zero-order valence-corrected chi connectivity index (χ0v) is 8.96. The van der Waals surface area contributed by atoms with Gasteiger partial charge in [-0.2, -0.15) is 0 Å². The van der Waals surface area contributed by atoms with Crippen LogP contribution in [0.4, 0.5) is 0 Å². The third-order valence-corrected chi connectivity index (χ3v) is 2.58. The van der Waals surface area contributed by atoms with Gasteiger partial charge in [0.1, 0.15) is 0 Å². The highest BCUT2D eigenvalue weighted by Crippen LogP contribution is 2.24. The van der Waals surface area contributed by atoms with Crippen molar-refractivity contribution in [3.8, 4) is 0 Å². The van der Waals surface area contributed by atoms with Crippen molar-refractivity contribution in [2.75, 3.05) is 13.1 Å². The largest absolute Gasteiger partial charge is 0.409 e. The van der Waals surface area contributed by atoms with Crippen LogP contribution in [-0.4, -0.2) is 24.1 Å². The van der Waals surface area contributed by atoms with Gasteiger partial charge in [0.15, 0.2) is 5.84 Å². The summed E-state index contributed by atoms with van der Waals surface area (Å²) in [5.74, 6) is 0.826. The molecule has 0 radical (unpaired) electrons. The molecular weight excluding hydrogens is 166 g/mol. The molecule has 0 aromatic rings. The second kappa shape index (κ2) is 5.07. The molecule has 0 atom stereocenters. The van der Waals surface area contributed by atoms with E-state index in [0.717, 1.165) is 6.54 Å². The van der Waals surface area contributed by atoms with Gasteiger partial charge < -0.3 is 16.3 Å². The average molecular weight is 187 g/mol. The topological polar surface area (TPSA) is 70.6 Å². The third-order valence-electron chi connectivity index (χ3n) is 2.58. The zero-order chi connectivity index (χ0) is 10.5. The van der Waals surface area contributed by atoms with E-state index < -0.39 is 0 Å². The number of hydrogen-bond acceptors (Lipinski definition) is 3. The van der Waals surface area contributed by atoms with Gasteiger partial charge in [-0.15, -0.1) is 0 Å². The van der Waals surface area contributed by atoms with Crippen molar-refractivity contribution in [2.24, 2.45) is 22.2 Å². The van der Waals surface area contributed by atoms with Crippen molar-refractivity contribution in [3.05, 3.63) is 0 Å². The van der Waals surface area contributed by atoms with E-state index in [0.29, 0.717) is 12.5 Å². The lowest BCUT2D eigenvalue weighted by atomic mass is 9.81. The fourth-order valence-corrected chi connectivity index (χ4v) is 0.752. The molecule has 13 heavy (non-hydrogen) atoms. The lowest BCUT2D eigenvalue weighted by Gasteiger charge is -2.29. The predicted molar refractivity (Wildman–Crippen MR) is 54.9 cm³/mol. The van der Waals surface area contributed by atoms with E-state index in [4.69, 9.17) is 10.9 Å². The highest BCUT2D eigenvalue weighted by molar-refractivity contribution is 5.81. The summed E-state index contributed by atoms with van der Waals surface area (Å²) in [5, 5.41) is 14.3. The Labute approximate surface area is 80.2 Å². The average Bonchev–Trinajstić information content (AvgIpc) is 2.03. The molecular formula is C9H21N3O. The molecule has 0 unspecified atom stereocenters. The van der Waals surface area contributed by atoms with E-state index in [9.17, 15) is 0 Å². The summed E-state index contributed by atoms with van der Waals surface area (Å²) in [5.41, 5.74) is 5.55. The molecule has 0 fully saturated rings. The normalized spacial score (nSPS) is 13.8. The number of rotatable bonds is 5. The lowest BCUT2D eigenvalue weighted by molar-refractivity contribution is 0.242. The molecule has 4 heteroatoms. The lowest BCUT2D eigenvalue weighted by Crippen LogP contribution is -2.38. The van der Waals surface area contributed by atoms with Gasteiger partial charge in [0.2, 0.25) is 0 Å². The van der Waals surface area contributed by atoms with Crippen molar-refractivity contribution in [1.29, 1.82) is 0 Å². The number of hydrogen-bond donors (Lipinski definition) is 3. The molecule has 0 rings (SSSR count). The first-order valence-corrected chi connectivity index (χ1v) is 4.57. The Bertz CT molecular complexity index is 176. The Morgan fingerprint density at radius 1 is 1.54 bits per heavy atom. The minimum absolute atomic E-state index is 0.222. The molecule has 4 nitrogen and oxygen atoms in total. The highest BCUT2D eigenvalue weighted by atomic mass is 16.4. The Kier molecular flexibility index (Phi) is 4.77. The summed E-state index contributed by atoms with van der Waals surface area (Å²) in [6.45, 7) is 10.1. The quantitative estimate of drug-likeness (QED) is 0.260. The van der Waals surface area contributed by atoms with E-state index in [2.05, 4.69) is 38.2 Å². The van der Waals surface area contributed by atoms with Crippen molar-refractivity contribution in [1.82, 2.24) is 5.32 Å². The molecule has 0 saturated heterocycles. The molecule has 4 N–H and O–H groups in total. The molecule has 0 aromatic carbocycles. The number of amidine groups is 1. The Morgan fingerprint density at radius 3 is 2.46 bits per heavy atom. The molecule has 0 aliphatic rings. The zero-order valence-electron chi connectivity index (χ0n) is 8.96. The summed E-state index contributed by atoms with van der Waals surface area (Å²) < 4.78 is 0. The summed E-state index contributed by atoms with van der Waals surface area (Å²) in [6.07, 6.45) is 0. The molecule has 0 aliphatic carbocycles. The minimum Gasteiger partial charge on any atom is -0.409 e. The number of oxime groups is 1. The smallest absolute Gasteiger partial charge is 0.153 e. The number of nitrogens with zero attached hydrogens (tertiary/aromatic N) is 1.